The van der Waals surface area contributed by atoms with Gasteiger partial charge >= 0.3 is 0 Å². The van der Waals surface area contributed by atoms with E-state index in [0.717, 1.165) is 25.5 Å². The summed E-state index contributed by atoms with van der Waals surface area (Å²) in [7, 11) is 0. The smallest absolute Gasteiger partial charge is 0.268 e. The SMILES string of the molecule is NC(=O)c1ncc(F)c(Oc2ccccc2)c1C(=O)N1CCCCC1. The van der Waals surface area contributed by atoms with Crippen molar-refractivity contribution in [2.45, 2.75) is 19.3 Å². The van der Waals surface area contributed by atoms with Crippen LogP contribution in [0.2, 0.25) is 0 Å². The number of amides is 2. The Labute approximate surface area is 144 Å². The number of primary amides is 1. The Kier molecular flexibility index (Phi) is 4.92. The van der Waals surface area contributed by atoms with E-state index in [1.165, 1.54) is 0 Å². The highest BCUT2D eigenvalue weighted by molar-refractivity contribution is 6.07. The highest BCUT2D eigenvalue weighted by Gasteiger charge is 2.30. The van der Waals surface area contributed by atoms with E-state index in [9.17, 15) is 14.0 Å². The first kappa shape index (κ1) is 16.9. The van der Waals surface area contributed by atoms with Crippen LogP contribution < -0.4 is 10.5 Å². The molecule has 0 aliphatic carbocycles. The lowest BCUT2D eigenvalue weighted by Gasteiger charge is -2.27. The molecule has 0 saturated carbocycles. The molecule has 3 rings (SSSR count). The summed E-state index contributed by atoms with van der Waals surface area (Å²) in [6.07, 6.45) is 3.58. The number of rotatable bonds is 4. The number of likely N-dealkylation sites (tertiary alicyclic amines) is 1. The second-order valence-corrected chi connectivity index (χ2v) is 5.79. The molecule has 1 aromatic carbocycles. The number of piperidine rings is 1. The number of aromatic nitrogens is 1. The van der Waals surface area contributed by atoms with E-state index in [4.69, 9.17) is 10.5 Å². The molecule has 1 aliphatic rings. The van der Waals surface area contributed by atoms with Crippen LogP contribution >= 0.6 is 0 Å². The van der Waals surface area contributed by atoms with E-state index >= 15 is 0 Å². The minimum Gasteiger partial charge on any atom is -0.453 e. The van der Waals surface area contributed by atoms with Crippen molar-refractivity contribution in [2.24, 2.45) is 5.73 Å². The van der Waals surface area contributed by atoms with Crippen molar-refractivity contribution in [2.75, 3.05) is 13.1 Å². The number of nitrogens with two attached hydrogens (primary N) is 1. The molecule has 0 spiro atoms. The number of carbonyl (C=O) groups is 2. The maximum atomic E-state index is 14.4. The lowest BCUT2D eigenvalue weighted by molar-refractivity contribution is 0.0715. The van der Waals surface area contributed by atoms with E-state index in [2.05, 4.69) is 4.98 Å². The van der Waals surface area contributed by atoms with E-state index in [-0.39, 0.29) is 17.0 Å². The van der Waals surface area contributed by atoms with Gasteiger partial charge in [-0.05, 0) is 31.4 Å². The summed E-state index contributed by atoms with van der Waals surface area (Å²) < 4.78 is 20.0. The fourth-order valence-electron chi connectivity index (χ4n) is 2.82. The number of hydrogen-bond donors (Lipinski definition) is 1. The van der Waals surface area contributed by atoms with Gasteiger partial charge in [-0.15, -0.1) is 0 Å². The molecule has 2 aromatic rings. The predicted molar refractivity (Wildman–Crippen MR) is 89.0 cm³/mol. The van der Waals surface area contributed by atoms with Crippen LogP contribution in [0.4, 0.5) is 4.39 Å². The molecule has 1 fully saturated rings. The highest BCUT2D eigenvalue weighted by Crippen LogP contribution is 2.31. The van der Waals surface area contributed by atoms with Crippen molar-refractivity contribution in [3.63, 3.8) is 0 Å². The standard InChI is InChI=1S/C18H18FN3O3/c19-13-11-21-15(17(20)23)14(18(24)22-9-5-2-6-10-22)16(13)25-12-7-3-1-4-8-12/h1,3-4,7-8,11H,2,5-6,9-10H2,(H2,20,23). The molecule has 0 bridgehead atoms. The number of nitrogens with zero attached hydrogens (tertiary/aromatic N) is 2. The summed E-state index contributed by atoms with van der Waals surface area (Å²) in [5, 5.41) is 0. The van der Waals surface area contributed by atoms with Gasteiger partial charge in [0.25, 0.3) is 11.8 Å². The third kappa shape index (κ3) is 3.60. The molecular weight excluding hydrogens is 325 g/mol. The Hall–Kier alpha value is -2.96. The van der Waals surface area contributed by atoms with Gasteiger partial charge in [0, 0.05) is 13.1 Å². The summed E-state index contributed by atoms with van der Waals surface area (Å²) in [4.78, 5) is 29.9. The number of halogens is 1. The molecular formula is C18H18FN3O3. The molecule has 7 heteroatoms. The summed E-state index contributed by atoms with van der Waals surface area (Å²) in [5.74, 6) is -2.21. The lowest BCUT2D eigenvalue weighted by Crippen LogP contribution is -2.37. The van der Waals surface area contributed by atoms with Gasteiger partial charge in [-0.1, -0.05) is 18.2 Å². The van der Waals surface area contributed by atoms with Crippen LogP contribution in [-0.4, -0.2) is 34.8 Å². The van der Waals surface area contributed by atoms with Crippen molar-refractivity contribution in [1.29, 1.82) is 0 Å². The molecule has 1 aromatic heterocycles. The normalized spacial score (nSPS) is 14.2. The number of pyridine rings is 1. The largest absolute Gasteiger partial charge is 0.453 e. The fraction of sp³-hybridized carbons (Fsp3) is 0.278. The van der Waals surface area contributed by atoms with Gasteiger partial charge in [-0.2, -0.15) is 0 Å². The monoisotopic (exact) mass is 343 g/mol. The average Bonchev–Trinajstić information content (AvgIpc) is 2.64. The Balaban J connectivity index is 2.07. The molecule has 2 amide bonds. The Bertz CT molecular complexity index is 790. The second-order valence-electron chi connectivity index (χ2n) is 5.79. The van der Waals surface area contributed by atoms with E-state index in [1.807, 2.05) is 0 Å². The fourth-order valence-corrected chi connectivity index (χ4v) is 2.82. The molecule has 0 atom stereocenters. The zero-order chi connectivity index (χ0) is 17.8. The van der Waals surface area contributed by atoms with Crippen molar-refractivity contribution in [3.05, 3.63) is 53.6 Å². The molecule has 130 valence electrons. The average molecular weight is 343 g/mol. The number of carbonyl (C=O) groups excluding carboxylic acids is 2. The maximum Gasteiger partial charge on any atom is 0.268 e. The second kappa shape index (κ2) is 7.29. The van der Waals surface area contributed by atoms with Gasteiger partial charge < -0.3 is 15.4 Å². The first-order valence-electron chi connectivity index (χ1n) is 8.08. The number of ether oxygens (including phenoxy) is 1. The molecule has 0 radical (unpaired) electrons. The third-order valence-electron chi connectivity index (χ3n) is 4.04. The summed E-state index contributed by atoms with van der Waals surface area (Å²) in [6, 6.07) is 8.47. The zero-order valence-corrected chi connectivity index (χ0v) is 13.6. The Morgan fingerprint density at radius 2 is 1.80 bits per heavy atom. The van der Waals surface area contributed by atoms with Crippen LogP contribution in [0, 0.1) is 5.82 Å². The number of benzene rings is 1. The van der Waals surface area contributed by atoms with Crippen molar-refractivity contribution in [1.82, 2.24) is 9.88 Å². The van der Waals surface area contributed by atoms with Crippen LogP contribution in [0.25, 0.3) is 0 Å². The van der Waals surface area contributed by atoms with Crippen molar-refractivity contribution >= 4 is 11.8 Å². The van der Waals surface area contributed by atoms with Gasteiger partial charge in [0.15, 0.2) is 11.6 Å². The molecule has 2 N–H and O–H groups in total. The lowest BCUT2D eigenvalue weighted by atomic mass is 10.1. The minimum atomic E-state index is -0.904. The quantitative estimate of drug-likeness (QED) is 0.925. The molecule has 0 unspecified atom stereocenters. The predicted octanol–water partition coefficient (Wildman–Crippen LogP) is 2.74. The number of para-hydroxylation sites is 1. The zero-order valence-electron chi connectivity index (χ0n) is 13.6. The van der Waals surface area contributed by atoms with Crippen LogP contribution in [0.3, 0.4) is 0 Å². The third-order valence-corrected chi connectivity index (χ3v) is 4.04. The molecule has 1 aliphatic heterocycles. The van der Waals surface area contributed by atoms with Gasteiger partial charge in [0.1, 0.15) is 17.0 Å². The van der Waals surface area contributed by atoms with E-state index in [1.54, 1.807) is 35.2 Å². The summed E-state index contributed by atoms with van der Waals surface area (Å²) >= 11 is 0. The van der Waals surface area contributed by atoms with E-state index in [0.29, 0.717) is 18.8 Å². The molecule has 25 heavy (non-hydrogen) atoms. The van der Waals surface area contributed by atoms with Crippen molar-refractivity contribution < 1.29 is 18.7 Å². The minimum absolute atomic E-state index is 0.224. The maximum absolute atomic E-state index is 14.4. The van der Waals surface area contributed by atoms with Gasteiger partial charge in [0.2, 0.25) is 0 Å². The van der Waals surface area contributed by atoms with Crippen LogP contribution in [-0.2, 0) is 0 Å². The topological polar surface area (TPSA) is 85.5 Å². The first-order chi connectivity index (χ1) is 12.1. The molecule has 1 saturated heterocycles. The van der Waals surface area contributed by atoms with Gasteiger partial charge in [0.05, 0.1) is 6.20 Å². The Morgan fingerprint density at radius 1 is 1.12 bits per heavy atom. The van der Waals surface area contributed by atoms with Crippen LogP contribution in [0.1, 0.15) is 40.1 Å². The molecule has 6 nitrogen and oxygen atoms in total. The number of hydrogen-bond acceptors (Lipinski definition) is 4. The van der Waals surface area contributed by atoms with Gasteiger partial charge in [-0.3, -0.25) is 9.59 Å². The first-order valence-corrected chi connectivity index (χ1v) is 8.08. The van der Waals surface area contributed by atoms with Gasteiger partial charge in [-0.25, -0.2) is 9.37 Å². The van der Waals surface area contributed by atoms with Crippen LogP contribution in [0.15, 0.2) is 36.5 Å². The summed E-state index contributed by atoms with van der Waals surface area (Å²) in [6.45, 7) is 1.08. The van der Waals surface area contributed by atoms with Crippen molar-refractivity contribution in [3.8, 4) is 11.5 Å². The highest BCUT2D eigenvalue weighted by atomic mass is 19.1. The summed E-state index contributed by atoms with van der Waals surface area (Å²) in [5.41, 5.74) is 4.83. The molecule has 2 heterocycles. The van der Waals surface area contributed by atoms with E-state index < -0.39 is 17.6 Å². The Morgan fingerprint density at radius 3 is 2.44 bits per heavy atom. The van der Waals surface area contributed by atoms with Crippen LogP contribution in [0.5, 0.6) is 11.5 Å².